The molecule has 0 fully saturated rings. The van der Waals surface area contributed by atoms with Gasteiger partial charge < -0.3 is 18.6 Å². The van der Waals surface area contributed by atoms with Crippen LogP contribution < -0.4 is 9.80 Å². The predicted octanol–water partition coefficient (Wildman–Crippen LogP) is 13.2. The van der Waals surface area contributed by atoms with Gasteiger partial charge in [0, 0.05) is 55.7 Å². The minimum absolute atomic E-state index is 1.07. The van der Waals surface area contributed by atoms with Gasteiger partial charge in [-0.1, -0.05) is 78.9 Å². The van der Waals surface area contributed by atoms with Crippen LogP contribution in [0.3, 0.4) is 0 Å². The van der Waals surface area contributed by atoms with E-state index in [1.807, 2.05) is 0 Å². The van der Waals surface area contributed by atoms with Crippen LogP contribution in [0.15, 0.2) is 169 Å². The number of para-hydroxylation sites is 4. The molecular formula is C48H38N4. The van der Waals surface area contributed by atoms with E-state index in [0.717, 1.165) is 42.7 Å². The first kappa shape index (κ1) is 29.5. The van der Waals surface area contributed by atoms with Crippen molar-refractivity contribution >= 4 is 77.4 Å². The Balaban J connectivity index is 1.16. The average Bonchev–Trinajstić information content (AvgIpc) is 3.73. The molecule has 0 spiro atoms. The smallest absolute Gasteiger partial charge is 0.0783 e. The normalized spacial score (nSPS) is 15.0. The van der Waals surface area contributed by atoms with Gasteiger partial charge in [0.05, 0.1) is 33.1 Å². The van der Waals surface area contributed by atoms with Crippen LogP contribution in [-0.2, 0) is 0 Å². The standard InChI is InChI=1S/C48H38N4/c1-5-15-33(16-6-1)49(34-17-7-2-8-18-34)37-27-29-43-41(31-37)39-23-13-25-45-47(39)51(43)46-26-14-24-40-42-32-38(28-30-44(42)52(45)48(40)46)50(35-19-9-3-10-20-35)36-21-11-4-12-22-36/h1-3,5-9,13-19,21,23-32H,4,10-12,20,22H2. The monoisotopic (exact) mass is 670 g/mol. The van der Waals surface area contributed by atoms with Crippen molar-refractivity contribution in [2.24, 2.45) is 0 Å². The van der Waals surface area contributed by atoms with Crippen LogP contribution >= 0.6 is 0 Å². The van der Waals surface area contributed by atoms with Crippen molar-refractivity contribution in [3.63, 3.8) is 0 Å². The molecule has 6 aromatic carbocycles. The first-order chi connectivity index (χ1) is 25.8. The SMILES string of the molecule is C1=CCCC(N(C2=CCCCC2)c2ccc3c(c2)c2cccc4c2n3c2cccc3c5cc(N(c6ccccc6)c6ccccc6)ccc5n4c32)=C1. The summed E-state index contributed by atoms with van der Waals surface area (Å²) in [5, 5.41) is 5.12. The Labute approximate surface area is 302 Å². The zero-order valence-electron chi connectivity index (χ0n) is 29.0. The van der Waals surface area contributed by atoms with E-state index in [4.69, 9.17) is 0 Å². The van der Waals surface area contributed by atoms with Gasteiger partial charge in [0.25, 0.3) is 0 Å². The van der Waals surface area contributed by atoms with E-state index in [0.29, 0.717) is 0 Å². The van der Waals surface area contributed by atoms with Crippen molar-refractivity contribution in [2.45, 2.75) is 38.5 Å². The van der Waals surface area contributed by atoms with Crippen molar-refractivity contribution < 1.29 is 0 Å². The highest BCUT2D eigenvalue weighted by atomic mass is 15.2. The van der Waals surface area contributed by atoms with E-state index >= 15 is 0 Å². The van der Waals surface area contributed by atoms with Gasteiger partial charge in [-0.3, -0.25) is 0 Å². The first-order valence-corrected chi connectivity index (χ1v) is 18.7. The van der Waals surface area contributed by atoms with Gasteiger partial charge in [-0.05, 0) is 117 Å². The summed E-state index contributed by atoms with van der Waals surface area (Å²) in [6.07, 6.45) is 16.3. The van der Waals surface area contributed by atoms with Crippen LogP contribution in [0.4, 0.5) is 22.7 Å². The lowest BCUT2D eigenvalue weighted by Gasteiger charge is -2.32. The maximum Gasteiger partial charge on any atom is 0.0783 e. The van der Waals surface area contributed by atoms with Crippen molar-refractivity contribution in [3.8, 4) is 0 Å². The summed E-state index contributed by atoms with van der Waals surface area (Å²) >= 11 is 0. The topological polar surface area (TPSA) is 15.3 Å². The highest BCUT2D eigenvalue weighted by Gasteiger charge is 2.24. The predicted molar refractivity (Wildman–Crippen MR) is 220 cm³/mol. The molecule has 0 radical (unpaired) electrons. The summed E-state index contributed by atoms with van der Waals surface area (Å²) in [5.41, 5.74) is 15.0. The molecule has 3 heterocycles. The molecule has 4 nitrogen and oxygen atoms in total. The number of hydrogen-bond donors (Lipinski definition) is 0. The van der Waals surface area contributed by atoms with E-state index in [1.165, 1.54) is 84.6 Å². The minimum atomic E-state index is 1.07. The second kappa shape index (κ2) is 11.6. The first-order valence-electron chi connectivity index (χ1n) is 18.7. The summed E-state index contributed by atoms with van der Waals surface area (Å²) in [6.45, 7) is 0. The van der Waals surface area contributed by atoms with Gasteiger partial charge in [0.15, 0.2) is 0 Å². The zero-order valence-corrected chi connectivity index (χ0v) is 29.0. The number of nitrogens with zero attached hydrogens (tertiary/aromatic N) is 4. The lowest BCUT2D eigenvalue weighted by Crippen LogP contribution is -2.23. The number of anilines is 4. The molecule has 0 atom stereocenters. The number of fused-ring (bicyclic) bond motifs is 8. The maximum absolute atomic E-state index is 2.57. The molecule has 0 saturated carbocycles. The lowest BCUT2D eigenvalue weighted by molar-refractivity contribution is 0.680. The lowest BCUT2D eigenvalue weighted by atomic mass is 10.00. The highest BCUT2D eigenvalue weighted by molar-refractivity contribution is 6.22. The molecule has 0 amide bonds. The second-order valence-corrected chi connectivity index (χ2v) is 14.3. The van der Waals surface area contributed by atoms with Gasteiger partial charge in [0.1, 0.15) is 0 Å². The number of aromatic nitrogens is 2. The number of benzene rings is 6. The van der Waals surface area contributed by atoms with E-state index in [-0.39, 0.29) is 0 Å². The molecule has 9 aromatic rings. The molecule has 0 N–H and O–H groups in total. The Hall–Kier alpha value is -6.26. The zero-order chi connectivity index (χ0) is 34.2. The third kappa shape index (κ3) is 4.34. The van der Waals surface area contributed by atoms with Gasteiger partial charge in [-0.2, -0.15) is 0 Å². The van der Waals surface area contributed by atoms with E-state index in [9.17, 15) is 0 Å². The highest BCUT2D eigenvalue weighted by Crippen LogP contribution is 2.44. The number of allylic oxidation sites excluding steroid dienone is 6. The summed E-state index contributed by atoms with van der Waals surface area (Å²) < 4.78 is 5.04. The van der Waals surface area contributed by atoms with Crippen LogP contribution in [0.25, 0.3) is 54.6 Å². The second-order valence-electron chi connectivity index (χ2n) is 14.3. The van der Waals surface area contributed by atoms with E-state index in [1.54, 1.807) is 0 Å². The number of hydrogen-bond acceptors (Lipinski definition) is 2. The fraction of sp³-hybridized carbons (Fsp3) is 0.125. The molecule has 0 saturated heterocycles. The molecule has 11 rings (SSSR count). The minimum Gasteiger partial charge on any atom is -0.318 e. The van der Waals surface area contributed by atoms with Gasteiger partial charge >= 0.3 is 0 Å². The fourth-order valence-corrected chi connectivity index (χ4v) is 9.14. The summed E-state index contributed by atoms with van der Waals surface area (Å²) in [6, 6.07) is 49.2. The van der Waals surface area contributed by atoms with Crippen molar-refractivity contribution in [3.05, 3.63) is 169 Å². The average molecular weight is 671 g/mol. The van der Waals surface area contributed by atoms with Crippen LogP contribution in [-0.4, -0.2) is 8.80 Å². The third-order valence-electron chi connectivity index (χ3n) is 11.4. The Morgan fingerprint density at radius 2 is 1.02 bits per heavy atom. The Bertz CT molecular complexity index is 2860. The van der Waals surface area contributed by atoms with Gasteiger partial charge in [-0.15, -0.1) is 0 Å². The van der Waals surface area contributed by atoms with Gasteiger partial charge in [-0.25, -0.2) is 0 Å². The van der Waals surface area contributed by atoms with E-state index in [2.05, 4.69) is 176 Å². The molecular weight excluding hydrogens is 633 g/mol. The quantitative estimate of drug-likeness (QED) is 0.164. The molecule has 0 aliphatic heterocycles. The molecule has 52 heavy (non-hydrogen) atoms. The van der Waals surface area contributed by atoms with Crippen molar-refractivity contribution in [1.29, 1.82) is 0 Å². The Morgan fingerprint density at radius 1 is 0.423 bits per heavy atom. The maximum atomic E-state index is 2.57. The van der Waals surface area contributed by atoms with Crippen LogP contribution in [0, 0.1) is 0 Å². The van der Waals surface area contributed by atoms with Crippen LogP contribution in [0.5, 0.6) is 0 Å². The third-order valence-corrected chi connectivity index (χ3v) is 11.4. The van der Waals surface area contributed by atoms with Crippen molar-refractivity contribution in [2.75, 3.05) is 9.80 Å². The summed E-state index contributed by atoms with van der Waals surface area (Å²) in [7, 11) is 0. The van der Waals surface area contributed by atoms with Crippen molar-refractivity contribution in [1.82, 2.24) is 8.80 Å². The molecule has 0 unspecified atom stereocenters. The van der Waals surface area contributed by atoms with Crippen LogP contribution in [0.1, 0.15) is 38.5 Å². The Kier molecular flexibility index (Phi) is 6.60. The molecule has 4 heteroatoms. The Morgan fingerprint density at radius 3 is 1.56 bits per heavy atom. The molecule has 2 aliphatic carbocycles. The molecule has 250 valence electrons. The molecule has 0 bridgehead atoms. The fourth-order valence-electron chi connectivity index (χ4n) is 9.14. The summed E-state index contributed by atoms with van der Waals surface area (Å²) in [5.74, 6) is 0. The van der Waals surface area contributed by atoms with Crippen LogP contribution in [0.2, 0.25) is 0 Å². The number of rotatable bonds is 6. The van der Waals surface area contributed by atoms with E-state index < -0.39 is 0 Å². The van der Waals surface area contributed by atoms with Gasteiger partial charge in [0.2, 0.25) is 0 Å². The molecule has 2 aliphatic rings. The summed E-state index contributed by atoms with van der Waals surface area (Å²) in [4.78, 5) is 4.92. The molecule has 3 aromatic heterocycles. The largest absolute Gasteiger partial charge is 0.318 e.